The monoisotopic (exact) mass is 1460 g/mol. The molecule has 8 aliphatic heterocycles. The molecule has 0 amide bonds. The van der Waals surface area contributed by atoms with Gasteiger partial charge in [-0.05, 0) is 56.1 Å². The number of carbonyl (C=O) groups is 1. The fourth-order valence-corrected chi connectivity index (χ4v) is 17.4. The number of hydrogen-bond donors (Lipinski definition) is 20. The molecule has 0 bridgehead atoms. The van der Waals surface area contributed by atoms with Gasteiger partial charge in [0.1, 0.15) is 158 Å². The van der Waals surface area contributed by atoms with Gasteiger partial charge in [0.25, 0.3) is 0 Å². The minimum atomic E-state index is -2.33. The number of aliphatic hydroxyl groups is 20. The summed E-state index contributed by atoms with van der Waals surface area (Å²) in [6.45, 7) is 0.988. The number of aliphatic hydroxyl groups excluding tert-OH is 20. The molecule has 8 saturated heterocycles. The molecule has 12 aliphatic rings. The van der Waals surface area contributed by atoms with Gasteiger partial charge in [-0.2, -0.15) is 0 Å². The fraction of sp³-hybridized carbons (Fsp3) is 0.922. The Kier molecular flexibility index (Phi) is 24.6. The lowest BCUT2D eigenvalue weighted by molar-refractivity contribution is -0.394. The first-order valence-corrected chi connectivity index (χ1v) is 34.7. The van der Waals surface area contributed by atoms with E-state index in [-0.39, 0.29) is 36.6 Å². The molecule has 0 aromatic heterocycles. The second-order valence-electron chi connectivity index (χ2n) is 29.2. The summed E-state index contributed by atoms with van der Waals surface area (Å²) in [5, 5.41) is 221. The van der Waals surface area contributed by atoms with Gasteiger partial charge in [-0.1, -0.05) is 38.8 Å². The van der Waals surface area contributed by atoms with Gasteiger partial charge in [-0.25, -0.2) is 0 Å². The topological polar surface area (TPSA) is 569 Å². The van der Waals surface area contributed by atoms with E-state index in [4.69, 9.17) is 75.8 Å². The predicted octanol–water partition coefficient (Wildman–Crippen LogP) is -9.78. The van der Waals surface area contributed by atoms with Crippen molar-refractivity contribution in [2.24, 2.45) is 28.6 Å². The van der Waals surface area contributed by atoms with Gasteiger partial charge in [0.15, 0.2) is 56.1 Å². The molecule has 41 atom stereocenters. The van der Waals surface area contributed by atoms with Crippen LogP contribution in [0.3, 0.4) is 0 Å². The van der Waals surface area contributed by atoms with Crippen LogP contribution in [0.25, 0.3) is 0 Å². The van der Waals surface area contributed by atoms with E-state index in [2.05, 4.69) is 13.8 Å². The van der Waals surface area contributed by atoms with Crippen LogP contribution in [0, 0.1) is 28.6 Å². The van der Waals surface area contributed by atoms with E-state index in [0.29, 0.717) is 25.7 Å². The zero-order valence-electron chi connectivity index (χ0n) is 55.7. The SMILES string of the molecule is CCCC1O[C@@H]2C[C@H]3[C@@H]4CCC5=CC(=O)C=C[C@]5(C)[C@H]4[C@@H](O)C[C@]3(C)[C@]2(CCO[C@@H]2O[C@@H](CO)[C@@H](O[C@@H]3OC(CO[C@H]4OC[C@@H](O)C(O)[C@@H]4O)[C@@H](O[C@@H]4OC(CO[C@H]5OC[C@@H](O)C(O)C5O)[C@@H](O[C@@H]5OC(CO[C@H]6OC[C@@H](O)C(O)[C@@H]6O)[C@@H](O)C(O)[C@@H]5O)C(O)C4O)C(O)[C@@H]3O)C(O)C2O)O1. The molecule has 37 heteroatoms. The first kappa shape index (κ1) is 78.3. The Bertz CT molecular complexity index is 2810. The quantitative estimate of drug-likeness (QED) is 0.0479. The zero-order valence-corrected chi connectivity index (χ0v) is 55.7. The van der Waals surface area contributed by atoms with Crippen molar-refractivity contribution in [1.29, 1.82) is 0 Å². The molecule has 578 valence electrons. The van der Waals surface area contributed by atoms with Crippen LogP contribution in [0.5, 0.6) is 0 Å². The molecule has 4 aliphatic carbocycles. The van der Waals surface area contributed by atoms with E-state index in [0.717, 1.165) is 18.4 Å². The lowest BCUT2D eigenvalue weighted by Gasteiger charge is -2.60. The number of fused-ring (bicyclic) bond motifs is 7. The van der Waals surface area contributed by atoms with Crippen LogP contribution in [-0.2, 0) is 80.6 Å². The van der Waals surface area contributed by atoms with E-state index >= 15 is 0 Å². The number of ketones is 1. The Morgan fingerprint density at radius 2 is 0.941 bits per heavy atom. The van der Waals surface area contributed by atoms with Crippen LogP contribution >= 0.6 is 0 Å². The van der Waals surface area contributed by atoms with Gasteiger partial charge in [0, 0.05) is 23.2 Å². The molecule has 8 heterocycles. The molecule has 0 radical (unpaired) electrons. The van der Waals surface area contributed by atoms with Crippen molar-refractivity contribution in [1.82, 2.24) is 0 Å². The summed E-state index contributed by atoms with van der Waals surface area (Å²) in [7, 11) is 0. The van der Waals surface area contributed by atoms with Crippen molar-refractivity contribution in [2.45, 2.75) is 286 Å². The van der Waals surface area contributed by atoms with Gasteiger partial charge in [-0.15, -0.1) is 0 Å². The number of allylic oxidation sites excluding steroid dienone is 4. The molecule has 101 heavy (non-hydrogen) atoms. The van der Waals surface area contributed by atoms with Crippen molar-refractivity contribution in [2.75, 3.05) is 52.9 Å². The third-order valence-electron chi connectivity index (χ3n) is 23.1. The van der Waals surface area contributed by atoms with Gasteiger partial charge in [0.2, 0.25) is 0 Å². The predicted molar refractivity (Wildman–Crippen MR) is 323 cm³/mol. The largest absolute Gasteiger partial charge is 0.394 e. The van der Waals surface area contributed by atoms with E-state index in [1.807, 2.05) is 13.0 Å². The maximum Gasteiger partial charge on any atom is 0.187 e. The Morgan fingerprint density at radius 1 is 0.495 bits per heavy atom. The second-order valence-corrected chi connectivity index (χ2v) is 29.2. The van der Waals surface area contributed by atoms with Crippen LogP contribution < -0.4 is 0 Å². The Hall–Kier alpha value is -2.29. The summed E-state index contributed by atoms with van der Waals surface area (Å²) in [5.74, 6) is -0.201. The summed E-state index contributed by atoms with van der Waals surface area (Å²) in [5.41, 5.74) is -1.20. The van der Waals surface area contributed by atoms with Crippen LogP contribution in [0.4, 0.5) is 0 Å². The summed E-state index contributed by atoms with van der Waals surface area (Å²) < 4.78 is 95.3. The number of carbonyl (C=O) groups excluding carboxylic acids is 1. The average molecular weight is 1460 g/mol. The molecule has 0 aromatic carbocycles. The van der Waals surface area contributed by atoms with Crippen molar-refractivity contribution in [3.05, 3.63) is 23.8 Å². The smallest absolute Gasteiger partial charge is 0.187 e. The number of ether oxygens (including phenoxy) is 16. The Labute approximate surface area is 578 Å². The highest BCUT2D eigenvalue weighted by molar-refractivity contribution is 6.01. The summed E-state index contributed by atoms with van der Waals surface area (Å²) in [4.78, 5) is 12.5. The lowest BCUT2D eigenvalue weighted by atomic mass is 9.46. The van der Waals surface area contributed by atoms with Crippen LogP contribution in [0.2, 0.25) is 0 Å². The normalized spacial score (nSPS) is 53.8. The zero-order chi connectivity index (χ0) is 72.6. The van der Waals surface area contributed by atoms with E-state index < -0.39 is 278 Å². The third kappa shape index (κ3) is 14.8. The summed E-state index contributed by atoms with van der Waals surface area (Å²) in [6.07, 6.45) is -53.5. The fourth-order valence-electron chi connectivity index (χ4n) is 17.4. The number of rotatable bonds is 22. The highest BCUT2D eigenvalue weighted by Gasteiger charge is 2.73. The van der Waals surface area contributed by atoms with E-state index in [1.165, 1.54) is 0 Å². The second kappa shape index (κ2) is 31.7. The molecule has 3 saturated carbocycles. The first-order chi connectivity index (χ1) is 47.9. The Balaban J connectivity index is 0.742. The molecule has 37 nitrogen and oxygen atoms in total. The molecule has 12 rings (SSSR count). The molecule has 0 aromatic rings. The van der Waals surface area contributed by atoms with E-state index in [9.17, 15) is 107 Å². The molecule has 20 N–H and O–H groups in total. The van der Waals surface area contributed by atoms with Gasteiger partial charge < -0.3 is 178 Å². The highest BCUT2D eigenvalue weighted by Crippen LogP contribution is 2.70. The average Bonchev–Trinajstić information content (AvgIpc) is 1.53. The van der Waals surface area contributed by atoms with E-state index in [1.54, 1.807) is 12.2 Å². The highest BCUT2D eigenvalue weighted by atomic mass is 16.8. The van der Waals surface area contributed by atoms with Crippen molar-refractivity contribution in [3.63, 3.8) is 0 Å². The maximum atomic E-state index is 12.5. The lowest BCUT2D eigenvalue weighted by Crippen LogP contribution is -2.68. The Morgan fingerprint density at radius 3 is 1.44 bits per heavy atom. The van der Waals surface area contributed by atoms with Gasteiger partial charge in [0.05, 0.1) is 65.1 Å². The van der Waals surface area contributed by atoms with Crippen molar-refractivity contribution < 1.29 is 183 Å². The number of hydrogen-bond acceptors (Lipinski definition) is 37. The molecule has 14 unspecified atom stereocenters. The van der Waals surface area contributed by atoms with Crippen LogP contribution in [-0.4, -0.2) is 381 Å². The van der Waals surface area contributed by atoms with Crippen LogP contribution in [0.1, 0.15) is 65.7 Å². The molecular weight excluding hydrogens is 1360 g/mol. The summed E-state index contributed by atoms with van der Waals surface area (Å²) >= 11 is 0. The first-order valence-electron chi connectivity index (χ1n) is 34.7. The molecule has 11 fully saturated rings. The van der Waals surface area contributed by atoms with Gasteiger partial charge >= 0.3 is 0 Å². The molecule has 0 spiro atoms. The van der Waals surface area contributed by atoms with Crippen LogP contribution in [0.15, 0.2) is 23.8 Å². The minimum Gasteiger partial charge on any atom is -0.394 e. The maximum absolute atomic E-state index is 12.5. The van der Waals surface area contributed by atoms with Crippen molar-refractivity contribution in [3.8, 4) is 0 Å². The third-order valence-corrected chi connectivity index (χ3v) is 23.1. The van der Waals surface area contributed by atoms with Gasteiger partial charge in [-0.3, -0.25) is 4.79 Å². The molecular formula is C64H100O37. The standard InChI is InChI=1S/C64H100O37/c1-4-5-35-97-34-13-25-24-7-6-22-12-23(66)8-9-62(22,2)36(24)26(67)14-63(25,3)64(34,101-35)10-11-86-58-49(83)42(76)52(30(15-65)93-58)98-60-50(84)43(77)54(33(95-60)21-92-57-47(81)39(73)29(70)18-89-57)100-61-51(85)44(78)53(32(96-61)20-91-56-46(80)38(72)28(69)17-88-56)99-59-48(82)41(75)40(74)31(94-59)19-90-55-45(79)37(71)27(68)16-87-55/h8-9,12,24-61,65,67-85H,4-7,10-11,13-21H2,1-3H3/t24-,25-,26-,27+,28+,29+,30-,31?,32?,33?,34+,35?,36+,37?,38?,39?,40+,41?,42?,43?,44?,45-,46?,47-,48-,49?,50-,51?,52+,53+,54+,55+,56+,57+,58+,59-,60-,61-,62-,63-,64+/m0/s1. The van der Waals surface area contributed by atoms with Crippen molar-refractivity contribution >= 4 is 5.78 Å². The minimum absolute atomic E-state index is 0.0226. The summed E-state index contributed by atoms with van der Waals surface area (Å²) in [6, 6.07) is 0.